The second-order valence-corrected chi connectivity index (χ2v) is 7.44. The first kappa shape index (κ1) is 15.5. The zero-order chi connectivity index (χ0) is 17.7. The lowest BCUT2D eigenvalue weighted by Gasteiger charge is -2.25. The Bertz CT molecular complexity index is 996. The Morgan fingerprint density at radius 1 is 1.08 bits per heavy atom. The molecule has 5 rings (SSSR count). The summed E-state index contributed by atoms with van der Waals surface area (Å²) in [5.74, 6) is 0.738. The largest absolute Gasteiger partial charge is 0.474 e. The van der Waals surface area contributed by atoms with Crippen molar-refractivity contribution in [3.8, 4) is 17.0 Å². The molecule has 0 radical (unpaired) electrons. The summed E-state index contributed by atoms with van der Waals surface area (Å²) < 4.78 is 8.16. The quantitative estimate of drug-likeness (QED) is 0.696. The first-order valence-corrected chi connectivity index (χ1v) is 9.32. The lowest BCUT2D eigenvalue weighted by Crippen LogP contribution is -2.24. The van der Waals surface area contributed by atoms with Gasteiger partial charge in [0.15, 0.2) is 0 Å². The smallest absolute Gasteiger partial charge is 0.213 e. The maximum Gasteiger partial charge on any atom is 0.213 e. The molecule has 132 valence electrons. The summed E-state index contributed by atoms with van der Waals surface area (Å²) in [5, 5.41) is 1.33. The minimum absolute atomic E-state index is 0.366. The van der Waals surface area contributed by atoms with Crippen molar-refractivity contribution in [1.82, 2.24) is 14.5 Å². The topological polar surface area (TPSA) is 30.3 Å². The Morgan fingerprint density at radius 3 is 2.65 bits per heavy atom. The fourth-order valence-corrected chi connectivity index (χ4v) is 3.87. The molecule has 4 nitrogen and oxygen atoms in total. The van der Waals surface area contributed by atoms with Crippen LogP contribution >= 0.6 is 0 Å². The minimum atomic E-state index is 0.366. The first-order chi connectivity index (χ1) is 12.7. The van der Waals surface area contributed by atoms with Crippen molar-refractivity contribution in [1.29, 1.82) is 0 Å². The van der Waals surface area contributed by atoms with E-state index in [1.165, 1.54) is 34.1 Å². The number of aryl methyl sites for hydroxylation is 1. The van der Waals surface area contributed by atoms with Gasteiger partial charge in [0.05, 0.1) is 0 Å². The van der Waals surface area contributed by atoms with Gasteiger partial charge in [-0.05, 0) is 43.0 Å². The van der Waals surface area contributed by atoms with Gasteiger partial charge in [0.1, 0.15) is 6.10 Å². The summed E-state index contributed by atoms with van der Waals surface area (Å²) in [6, 6.07) is 10.8. The Morgan fingerprint density at radius 2 is 1.92 bits per heavy atom. The molecule has 1 aliphatic heterocycles. The van der Waals surface area contributed by atoms with Crippen molar-refractivity contribution in [3.05, 3.63) is 54.0 Å². The van der Waals surface area contributed by atoms with Crippen LogP contribution in [0.1, 0.15) is 30.5 Å². The highest BCUT2D eigenvalue weighted by Crippen LogP contribution is 2.33. The highest BCUT2D eigenvalue weighted by molar-refractivity contribution is 5.91. The van der Waals surface area contributed by atoms with E-state index < -0.39 is 0 Å². The van der Waals surface area contributed by atoms with Crippen molar-refractivity contribution < 1.29 is 4.74 Å². The molecule has 2 aromatic heterocycles. The van der Waals surface area contributed by atoms with Crippen molar-refractivity contribution in [3.63, 3.8) is 0 Å². The number of ether oxygens (including phenoxy) is 1. The molecule has 0 saturated heterocycles. The lowest BCUT2D eigenvalue weighted by atomic mass is 9.96. The average molecular weight is 345 g/mol. The fourth-order valence-electron chi connectivity index (χ4n) is 3.87. The Hall–Kier alpha value is -2.75. The molecule has 2 aliphatic rings. The predicted octanol–water partition coefficient (Wildman–Crippen LogP) is 4.59. The lowest BCUT2D eigenvalue weighted by molar-refractivity contribution is 0.114. The minimum Gasteiger partial charge on any atom is -0.474 e. The molecule has 1 aliphatic carbocycles. The number of benzene rings is 1. The Labute approximate surface area is 153 Å². The van der Waals surface area contributed by atoms with Gasteiger partial charge in [-0.15, -0.1) is 0 Å². The van der Waals surface area contributed by atoms with E-state index in [0.29, 0.717) is 6.10 Å². The van der Waals surface area contributed by atoms with E-state index in [1.54, 1.807) is 0 Å². The molecule has 0 N–H and O–H groups in total. The van der Waals surface area contributed by atoms with E-state index >= 15 is 0 Å². The molecular formula is C22H23N3O. The Kier molecular flexibility index (Phi) is 3.52. The number of nitrogens with zero attached hydrogens (tertiary/aromatic N) is 3. The summed E-state index contributed by atoms with van der Waals surface area (Å²) in [6.07, 6.45) is 10.2. The third-order valence-electron chi connectivity index (χ3n) is 5.66. The van der Waals surface area contributed by atoms with Crippen LogP contribution in [0.3, 0.4) is 0 Å². The average Bonchev–Trinajstić information content (AvgIpc) is 2.90. The summed E-state index contributed by atoms with van der Waals surface area (Å²) >= 11 is 0. The number of aromatic nitrogens is 2. The SMILES string of the molecule is CN1C=Cc2c(c3ccc(-c4ccc(OC5CCC5)nc4)cc3n2C)C1. The van der Waals surface area contributed by atoms with Crippen LogP contribution in [0.2, 0.25) is 0 Å². The van der Waals surface area contributed by atoms with Gasteiger partial charge < -0.3 is 14.2 Å². The van der Waals surface area contributed by atoms with Crippen molar-refractivity contribution >= 4 is 17.0 Å². The fraction of sp³-hybridized carbons (Fsp3) is 0.318. The summed E-state index contributed by atoms with van der Waals surface area (Å²) in [6.45, 7) is 0.956. The van der Waals surface area contributed by atoms with Crippen molar-refractivity contribution in [2.45, 2.75) is 31.9 Å². The van der Waals surface area contributed by atoms with Crippen molar-refractivity contribution in [2.24, 2.45) is 7.05 Å². The zero-order valence-corrected chi connectivity index (χ0v) is 15.3. The van der Waals surface area contributed by atoms with Crippen LogP contribution in [0.5, 0.6) is 5.88 Å². The van der Waals surface area contributed by atoms with Gasteiger partial charge in [-0.25, -0.2) is 4.98 Å². The number of fused-ring (bicyclic) bond motifs is 3. The molecule has 1 saturated carbocycles. The van der Waals surface area contributed by atoms with Crippen LogP contribution in [-0.2, 0) is 13.6 Å². The van der Waals surface area contributed by atoms with E-state index in [4.69, 9.17) is 4.74 Å². The predicted molar refractivity (Wildman–Crippen MR) is 105 cm³/mol. The van der Waals surface area contributed by atoms with Crippen LogP contribution in [0.4, 0.5) is 0 Å². The van der Waals surface area contributed by atoms with E-state index in [-0.39, 0.29) is 0 Å². The monoisotopic (exact) mass is 345 g/mol. The molecule has 3 heterocycles. The summed E-state index contributed by atoms with van der Waals surface area (Å²) in [5.41, 5.74) is 6.29. The highest BCUT2D eigenvalue weighted by atomic mass is 16.5. The third-order valence-corrected chi connectivity index (χ3v) is 5.66. The van der Waals surface area contributed by atoms with Gasteiger partial charge in [-0.3, -0.25) is 0 Å². The number of rotatable bonds is 3. The third kappa shape index (κ3) is 2.48. The standard InChI is InChI=1S/C22H23N3O/c1-24-11-10-20-19(14-24)18-8-6-15(12-21(18)25(20)2)16-7-9-22(23-13-16)26-17-4-3-5-17/h6-13,17H,3-5,14H2,1-2H3. The van der Waals surface area contributed by atoms with E-state index in [2.05, 4.69) is 65.1 Å². The van der Waals surface area contributed by atoms with E-state index in [1.807, 2.05) is 12.3 Å². The normalized spacial score (nSPS) is 16.6. The van der Waals surface area contributed by atoms with Gasteiger partial charge in [0.25, 0.3) is 0 Å². The maximum absolute atomic E-state index is 5.87. The second-order valence-electron chi connectivity index (χ2n) is 7.44. The second kappa shape index (κ2) is 5.90. The number of hydrogen-bond donors (Lipinski definition) is 0. The van der Waals surface area contributed by atoms with Crippen LogP contribution in [0, 0.1) is 0 Å². The van der Waals surface area contributed by atoms with Crippen LogP contribution in [0.25, 0.3) is 28.1 Å². The van der Waals surface area contributed by atoms with Crippen LogP contribution in [-0.4, -0.2) is 27.6 Å². The first-order valence-electron chi connectivity index (χ1n) is 9.32. The molecule has 0 amide bonds. The number of pyridine rings is 1. The maximum atomic E-state index is 5.87. The summed E-state index contributed by atoms with van der Waals surface area (Å²) in [4.78, 5) is 6.73. The molecule has 1 fully saturated rings. The van der Waals surface area contributed by atoms with Gasteiger partial charge in [-0.2, -0.15) is 0 Å². The Balaban J connectivity index is 1.50. The molecule has 0 atom stereocenters. The van der Waals surface area contributed by atoms with Crippen molar-refractivity contribution in [2.75, 3.05) is 7.05 Å². The highest BCUT2D eigenvalue weighted by Gasteiger charge is 2.20. The van der Waals surface area contributed by atoms with Gasteiger partial charge >= 0.3 is 0 Å². The molecule has 0 unspecified atom stereocenters. The van der Waals surface area contributed by atoms with E-state index in [0.717, 1.165) is 30.8 Å². The van der Waals surface area contributed by atoms with Crippen LogP contribution < -0.4 is 4.74 Å². The molecule has 0 bridgehead atoms. The van der Waals surface area contributed by atoms with Gasteiger partial charge in [-0.1, -0.05) is 12.1 Å². The molecule has 0 spiro atoms. The number of hydrogen-bond acceptors (Lipinski definition) is 3. The molecule has 26 heavy (non-hydrogen) atoms. The summed E-state index contributed by atoms with van der Waals surface area (Å²) in [7, 11) is 4.26. The molecule has 4 heteroatoms. The molecule has 3 aromatic rings. The zero-order valence-electron chi connectivity index (χ0n) is 15.3. The molecule has 1 aromatic carbocycles. The van der Waals surface area contributed by atoms with Gasteiger partial charge in [0.2, 0.25) is 5.88 Å². The van der Waals surface area contributed by atoms with E-state index in [9.17, 15) is 0 Å². The molecular weight excluding hydrogens is 322 g/mol. The van der Waals surface area contributed by atoms with Gasteiger partial charge in [0, 0.05) is 66.8 Å². The van der Waals surface area contributed by atoms with Crippen LogP contribution in [0.15, 0.2) is 42.7 Å².